The van der Waals surface area contributed by atoms with Gasteiger partial charge in [0.25, 0.3) is 5.91 Å². The lowest BCUT2D eigenvalue weighted by atomic mass is 9.78. The van der Waals surface area contributed by atoms with Gasteiger partial charge < -0.3 is 10.1 Å². The lowest BCUT2D eigenvalue weighted by Gasteiger charge is -2.30. The molecule has 0 unspecified atom stereocenters. The summed E-state index contributed by atoms with van der Waals surface area (Å²) in [5.74, 6) is -1.33. The zero-order valence-electron chi connectivity index (χ0n) is 18.3. The Hall–Kier alpha value is -2.29. The molecule has 2 aromatic carbocycles. The van der Waals surface area contributed by atoms with E-state index < -0.39 is 21.7 Å². The molecule has 1 aliphatic heterocycles. The summed E-state index contributed by atoms with van der Waals surface area (Å²) < 4.78 is 46.9. The molecule has 1 N–H and O–H groups in total. The van der Waals surface area contributed by atoms with Crippen LogP contribution in [0.5, 0.6) is 0 Å². The van der Waals surface area contributed by atoms with Crippen LogP contribution in [0.3, 0.4) is 0 Å². The fourth-order valence-electron chi connectivity index (χ4n) is 4.71. The van der Waals surface area contributed by atoms with E-state index in [9.17, 15) is 17.6 Å². The first-order chi connectivity index (χ1) is 15.3. The second kappa shape index (κ2) is 9.29. The maximum absolute atomic E-state index is 14.5. The molecule has 8 heteroatoms. The SMILES string of the molecule is Cc1cccc(C2(CNC(=O)c3cc(S(=O)(=O)N4CCOCC4)ccc3F)CCCC2)c1. The van der Waals surface area contributed by atoms with E-state index in [1.165, 1.54) is 15.9 Å². The summed E-state index contributed by atoms with van der Waals surface area (Å²) in [6.45, 7) is 3.53. The third-order valence-corrected chi connectivity index (χ3v) is 8.46. The molecule has 4 rings (SSSR count). The van der Waals surface area contributed by atoms with Crippen LogP contribution in [0.2, 0.25) is 0 Å². The molecule has 32 heavy (non-hydrogen) atoms. The Kier molecular flexibility index (Phi) is 6.65. The number of halogens is 1. The normalized spacial score (nSPS) is 19.1. The van der Waals surface area contributed by atoms with Gasteiger partial charge in [-0.05, 0) is 43.5 Å². The largest absolute Gasteiger partial charge is 0.379 e. The van der Waals surface area contributed by atoms with Gasteiger partial charge in [0.1, 0.15) is 5.82 Å². The maximum Gasteiger partial charge on any atom is 0.254 e. The van der Waals surface area contributed by atoms with Crippen LogP contribution in [0, 0.1) is 12.7 Å². The molecule has 1 heterocycles. The van der Waals surface area contributed by atoms with Crippen molar-refractivity contribution in [2.24, 2.45) is 0 Å². The number of ether oxygens (including phenoxy) is 1. The number of benzene rings is 2. The van der Waals surface area contributed by atoms with Crippen LogP contribution in [-0.4, -0.2) is 51.5 Å². The highest BCUT2D eigenvalue weighted by Gasteiger charge is 2.36. The van der Waals surface area contributed by atoms with Gasteiger partial charge in [-0.25, -0.2) is 12.8 Å². The Morgan fingerprint density at radius 2 is 1.84 bits per heavy atom. The van der Waals surface area contributed by atoms with Gasteiger partial charge >= 0.3 is 0 Å². The minimum atomic E-state index is -3.82. The van der Waals surface area contributed by atoms with Crippen molar-refractivity contribution in [3.05, 3.63) is 65.0 Å². The van der Waals surface area contributed by atoms with Gasteiger partial charge in [-0.1, -0.05) is 42.7 Å². The number of carbonyl (C=O) groups is 1. The third kappa shape index (κ3) is 4.58. The number of sulfonamides is 1. The quantitative estimate of drug-likeness (QED) is 0.717. The molecule has 2 fully saturated rings. The zero-order chi connectivity index (χ0) is 22.8. The van der Waals surface area contributed by atoms with E-state index in [2.05, 4.69) is 17.4 Å². The number of amides is 1. The van der Waals surface area contributed by atoms with Crippen LogP contribution in [0.1, 0.15) is 47.2 Å². The predicted molar refractivity (Wildman–Crippen MR) is 120 cm³/mol. The Morgan fingerprint density at radius 1 is 1.12 bits per heavy atom. The first-order valence-electron chi connectivity index (χ1n) is 11.0. The number of nitrogens with one attached hydrogen (secondary N) is 1. The molecule has 1 saturated heterocycles. The molecule has 0 spiro atoms. The second-order valence-corrected chi connectivity index (χ2v) is 10.6. The number of aryl methyl sites for hydroxylation is 1. The van der Waals surface area contributed by atoms with Crippen LogP contribution in [0.25, 0.3) is 0 Å². The highest BCUT2D eigenvalue weighted by Crippen LogP contribution is 2.41. The Morgan fingerprint density at radius 3 is 2.53 bits per heavy atom. The van der Waals surface area contributed by atoms with Crippen LogP contribution < -0.4 is 5.32 Å². The van der Waals surface area contributed by atoms with Gasteiger partial charge in [0.15, 0.2) is 0 Å². The van der Waals surface area contributed by atoms with E-state index in [4.69, 9.17) is 4.74 Å². The highest BCUT2D eigenvalue weighted by atomic mass is 32.2. The number of hydrogen-bond donors (Lipinski definition) is 1. The summed E-state index contributed by atoms with van der Waals surface area (Å²) >= 11 is 0. The first-order valence-corrected chi connectivity index (χ1v) is 12.5. The first kappa shape index (κ1) is 22.9. The number of rotatable bonds is 6. The molecule has 0 atom stereocenters. The van der Waals surface area contributed by atoms with Gasteiger partial charge in [0.2, 0.25) is 10.0 Å². The van der Waals surface area contributed by atoms with Gasteiger partial charge in [-0.15, -0.1) is 0 Å². The monoisotopic (exact) mass is 460 g/mol. The minimum absolute atomic E-state index is 0.0831. The molecule has 172 valence electrons. The molecule has 0 aromatic heterocycles. The van der Waals surface area contributed by atoms with Crippen molar-refractivity contribution in [3.63, 3.8) is 0 Å². The highest BCUT2D eigenvalue weighted by molar-refractivity contribution is 7.89. The second-order valence-electron chi connectivity index (χ2n) is 8.70. The molecule has 1 saturated carbocycles. The standard InChI is InChI=1S/C24H29FN2O4S/c1-18-5-4-6-19(15-18)24(9-2-3-10-24)17-26-23(28)21-16-20(7-8-22(21)25)32(29,30)27-11-13-31-14-12-27/h4-8,15-16H,2-3,9-14,17H2,1H3,(H,26,28). The van der Waals surface area contributed by atoms with E-state index in [0.29, 0.717) is 19.8 Å². The van der Waals surface area contributed by atoms with E-state index in [1.807, 2.05) is 19.1 Å². The molecule has 2 aliphatic rings. The van der Waals surface area contributed by atoms with Crippen molar-refractivity contribution in [1.29, 1.82) is 0 Å². The van der Waals surface area contributed by atoms with Crippen molar-refractivity contribution < 1.29 is 22.3 Å². The number of hydrogen-bond acceptors (Lipinski definition) is 4. The summed E-state index contributed by atoms with van der Waals surface area (Å²) in [6.07, 6.45) is 4.05. The minimum Gasteiger partial charge on any atom is -0.379 e. The number of carbonyl (C=O) groups excluding carboxylic acids is 1. The van der Waals surface area contributed by atoms with Crippen molar-refractivity contribution in [2.75, 3.05) is 32.8 Å². The lowest BCUT2D eigenvalue weighted by molar-refractivity contribution is 0.0730. The number of morpholine rings is 1. The lowest BCUT2D eigenvalue weighted by Crippen LogP contribution is -2.41. The topological polar surface area (TPSA) is 75.7 Å². The van der Waals surface area contributed by atoms with Crippen LogP contribution in [0.15, 0.2) is 47.4 Å². The Bertz CT molecular complexity index is 1090. The molecule has 0 bridgehead atoms. The van der Waals surface area contributed by atoms with Crippen molar-refractivity contribution in [1.82, 2.24) is 9.62 Å². The fourth-order valence-corrected chi connectivity index (χ4v) is 6.15. The van der Waals surface area contributed by atoms with Gasteiger partial charge in [0.05, 0.1) is 23.7 Å². The molecular weight excluding hydrogens is 431 g/mol. The average Bonchev–Trinajstić information content (AvgIpc) is 3.28. The summed E-state index contributed by atoms with van der Waals surface area (Å²) in [7, 11) is -3.82. The molecule has 6 nitrogen and oxygen atoms in total. The Balaban J connectivity index is 1.55. The fraction of sp³-hybridized carbons (Fsp3) is 0.458. The van der Waals surface area contributed by atoms with Gasteiger partial charge in [0, 0.05) is 25.0 Å². The molecule has 0 radical (unpaired) electrons. The molecule has 2 aromatic rings. The summed E-state index contributed by atoms with van der Waals surface area (Å²) in [4.78, 5) is 12.9. The number of nitrogens with zero attached hydrogens (tertiary/aromatic N) is 1. The average molecular weight is 461 g/mol. The summed E-state index contributed by atoms with van der Waals surface area (Å²) in [5.41, 5.74) is 1.90. The Labute approximate surface area is 188 Å². The van der Waals surface area contributed by atoms with Crippen LogP contribution in [-0.2, 0) is 20.2 Å². The van der Waals surface area contributed by atoms with Crippen LogP contribution in [0.4, 0.5) is 4.39 Å². The third-order valence-electron chi connectivity index (χ3n) is 6.57. The van der Waals surface area contributed by atoms with Crippen molar-refractivity contribution >= 4 is 15.9 Å². The van der Waals surface area contributed by atoms with E-state index >= 15 is 0 Å². The molecular formula is C24H29FN2O4S. The van der Waals surface area contributed by atoms with Gasteiger partial charge in [-0.3, -0.25) is 4.79 Å². The van der Waals surface area contributed by atoms with E-state index in [0.717, 1.165) is 43.4 Å². The maximum atomic E-state index is 14.5. The van der Waals surface area contributed by atoms with Crippen molar-refractivity contribution in [3.8, 4) is 0 Å². The van der Waals surface area contributed by atoms with E-state index in [-0.39, 0.29) is 29.0 Å². The summed E-state index contributed by atoms with van der Waals surface area (Å²) in [5, 5.41) is 2.89. The van der Waals surface area contributed by atoms with Gasteiger partial charge in [-0.2, -0.15) is 4.31 Å². The summed E-state index contributed by atoms with van der Waals surface area (Å²) in [6, 6.07) is 11.7. The molecule has 1 aliphatic carbocycles. The smallest absolute Gasteiger partial charge is 0.254 e. The van der Waals surface area contributed by atoms with E-state index in [1.54, 1.807) is 0 Å². The predicted octanol–water partition coefficient (Wildman–Crippen LogP) is 3.40. The van der Waals surface area contributed by atoms with Crippen LogP contribution >= 0.6 is 0 Å². The molecule has 1 amide bonds. The zero-order valence-corrected chi connectivity index (χ0v) is 19.1. The van der Waals surface area contributed by atoms with Crippen molar-refractivity contribution in [2.45, 2.75) is 42.9 Å².